The van der Waals surface area contributed by atoms with E-state index in [1.165, 1.54) is 0 Å². The lowest BCUT2D eigenvalue weighted by Gasteiger charge is -2.13. The van der Waals surface area contributed by atoms with E-state index >= 15 is 0 Å². The minimum Gasteiger partial charge on any atom is -0.496 e. The molecular formula is C14H23N3O2. The summed E-state index contributed by atoms with van der Waals surface area (Å²) < 4.78 is 10.2. The predicted octanol–water partition coefficient (Wildman–Crippen LogP) is 1.44. The number of aryl methyl sites for hydroxylation is 1. The summed E-state index contributed by atoms with van der Waals surface area (Å²) in [6, 6.07) is 6.12. The van der Waals surface area contributed by atoms with Gasteiger partial charge in [0.15, 0.2) is 5.96 Å². The number of nitrogens with one attached hydrogen (secondary N) is 1. The van der Waals surface area contributed by atoms with Crippen LogP contribution in [0.1, 0.15) is 18.1 Å². The standard InChI is InChI=1S/C14H23N3O2/c1-10-7-12(5-6-13(10)19-4)8-16-14(15)17-11(2)9-18-3/h5-7,11H,8-9H2,1-4H3,(H3,15,16,17)/t11-/m1/s1. The molecule has 1 aromatic carbocycles. The normalized spacial score (nSPS) is 13.2. The van der Waals surface area contributed by atoms with Crippen LogP contribution in [0, 0.1) is 6.92 Å². The van der Waals surface area contributed by atoms with Crippen LogP contribution in [0.15, 0.2) is 23.2 Å². The molecule has 0 fully saturated rings. The molecule has 0 saturated heterocycles. The number of guanidine groups is 1. The van der Waals surface area contributed by atoms with Crippen molar-refractivity contribution < 1.29 is 9.47 Å². The van der Waals surface area contributed by atoms with Gasteiger partial charge in [0.25, 0.3) is 0 Å². The quantitative estimate of drug-likeness (QED) is 0.603. The van der Waals surface area contributed by atoms with Gasteiger partial charge in [-0.15, -0.1) is 0 Å². The fourth-order valence-electron chi connectivity index (χ4n) is 1.81. The van der Waals surface area contributed by atoms with Gasteiger partial charge >= 0.3 is 0 Å². The van der Waals surface area contributed by atoms with Crippen LogP contribution < -0.4 is 15.8 Å². The molecule has 19 heavy (non-hydrogen) atoms. The monoisotopic (exact) mass is 265 g/mol. The van der Waals surface area contributed by atoms with Crippen molar-refractivity contribution in [3.63, 3.8) is 0 Å². The molecule has 0 aliphatic rings. The maximum absolute atomic E-state index is 5.81. The van der Waals surface area contributed by atoms with Crippen LogP contribution in [0.5, 0.6) is 5.75 Å². The van der Waals surface area contributed by atoms with Crippen LogP contribution in [0.2, 0.25) is 0 Å². The van der Waals surface area contributed by atoms with E-state index < -0.39 is 0 Å². The predicted molar refractivity (Wildman–Crippen MR) is 77.5 cm³/mol. The van der Waals surface area contributed by atoms with Gasteiger partial charge in [0, 0.05) is 13.2 Å². The number of nitrogens with zero attached hydrogens (tertiary/aromatic N) is 1. The molecule has 5 heteroatoms. The van der Waals surface area contributed by atoms with Gasteiger partial charge in [-0.2, -0.15) is 0 Å². The zero-order chi connectivity index (χ0) is 14.3. The third-order valence-electron chi connectivity index (χ3n) is 2.70. The summed E-state index contributed by atoms with van der Waals surface area (Å²) >= 11 is 0. The smallest absolute Gasteiger partial charge is 0.189 e. The van der Waals surface area contributed by atoms with E-state index in [0.29, 0.717) is 19.1 Å². The summed E-state index contributed by atoms with van der Waals surface area (Å²) in [6.07, 6.45) is 0. The van der Waals surface area contributed by atoms with Crippen molar-refractivity contribution in [2.75, 3.05) is 20.8 Å². The number of methoxy groups -OCH3 is 2. The highest BCUT2D eigenvalue weighted by Crippen LogP contribution is 2.18. The highest BCUT2D eigenvalue weighted by Gasteiger charge is 2.02. The molecule has 0 aliphatic carbocycles. The van der Waals surface area contributed by atoms with Crippen LogP contribution in [-0.2, 0) is 11.3 Å². The van der Waals surface area contributed by atoms with E-state index in [4.69, 9.17) is 15.2 Å². The molecule has 3 N–H and O–H groups in total. The number of nitrogens with two attached hydrogens (primary N) is 1. The Labute approximate surface area is 114 Å². The van der Waals surface area contributed by atoms with Crippen molar-refractivity contribution in [2.45, 2.75) is 26.4 Å². The Morgan fingerprint density at radius 2 is 2.16 bits per heavy atom. The maximum Gasteiger partial charge on any atom is 0.189 e. The second-order valence-electron chi connectivity index (χ2n) is 4.51. The van der Waals surface area contributed by atoms with Crippen LogP contribution >= 0.6 is 0 Å². The summed E-state index contributed by atoms with van der Waals surface area (Å²) in [5, 5.41) is 3.07. The summed E-state index contributed by atoms with van der Waals surface area (Å²) in [5.41, 5.74) is 8.00. The first-order valence-electron chi connectivity index (χ1n) is 6.25. The van der Waals surface area contributed by atoms with Gasteiger partial charge in [-0.1, -0.05) is 12.1 Å². The molecule has 1 atom stereocenters. The summed E-state index contributed by atoms with van der Waals surface area (Å²) in [4.78, 5) is 4.30. The minimum atomic E-state index is 0.145. The Hall–Kier alpha value is -1.75. The van der Waals surface area contributed by atoms with Crippen LogP contribution in [0.4, 0.5) is 0 Å². The molecule has 0 unspecified atom stereocenters. The topological polar surface area (TPSA) is 68.9 Å². The SMILES string of the molecule is COC[C@@H](C)NC(N)=NCc1ccc(OC)c(C)c1. The van der Waals surface area contributed by atoms with E-state index in [0.717, 1.165) is 16.9 Å². The minimum absolute atomic E-state index is 0.145. The molecule has 0 saturated carbocycles. The first-order chi connectivity index (χ1) is 9.06. The second-order valence-corrected chi connectivity index (χ2v) is 4.51. The molecule has 0 spiro atoms. The Morgan fingerprint density at radius 3 is 2.74 bits per heavy atom. The Kier molecular flexibility index (Phi) is 6.15. The maximum atomic E-state index is 5.81. The molecular weight excluding hydrogens is 242 g/mol. The lowest BCUT2D eigenvalue weighted by molar-refractivity contribution is 0.179. The number of hydrogen-bond acceptors (Lipinski definition) is 3. The van der Waals surface area contributed by atoms with Gasteiger partial charge in [-0.25, -0.2) is 4.99 Å². The van der Waals surface area contributed by atoms with Gasteiger partial charge in [0.05, 0.1) is 20.3 Å². The second kappa shape index (κ2) is 7.63. The number of ether oxygens (including phenoxy) is 2. The van der Waals surface area contributed by atoms with Gasteiger partial charge in [-0.3, -0.25) is 0 Å². The Bertz CT molecular complexity index is 433. The van der Waals surface area contributed by atoms with E-state index in [1.54, 1.807) is 14.2 Å². The molecule has 5 nitrogen and oxygen atoms in total. The van der Waals surface area contributed by atoms with Crippen molar-refractivity contribution in [3.05, 3.63) is 29.3 Å². The lowest BCUT2D eigenvalue weighted by atomic mass is 10.1. The molecule has 0 radical (unpaired) electrons. The number of benzene rings is 1. The largest absolute Gasteiger partial charge is 0.496 e. The molecule has 1 rings (SSSR count). The third kappa shape index (κ3) is 5.18. The van der Waals surface area contributed by atoms with E-state index in [1.807, 2.05) is 32.0 Å². The van der Waals surface area contributed by atoms with Crippen molar-refractivity contribution in [1.29, 1.82) is 0 Å². The molecule has 0 bridgehead atoms. The van der Waals surface area contributed by atoms with E-state index in [9.17, 15) is 0 Å². The van der Waals surface area contributed by atoms with Gasteiger partial charge < -0.3 is 20.5 Å². The average Bonchev–Trinajstić information content (AvgIpc) is 2.36. The van der Waals surface area contributed by atoms with Gasteiger partial charge in [0.1, 0.15) is 5.75 Å². The molecule has 0 aromatic heterocycles. The molecule has 0 aliphatic heterocycles. The highest BCUT2D eigenvalue weighted by molar-refractivity contribution is 5.78. The van der Waals surface area contributed by atoms with Gasteiger partial charge in [-0.05, 0) is 31.0 Å². The average molecular weight is 265 g/mol. The van der Waals surface area contributed by atoms with E-state index in [-0.39, 0.29) is 6.04 Å². The lowest BCUT2D eigenvalue weighted by Crippen LogP contribution is -2.40. The number of rotatable bonds is 6. The molecule has 0 heterocycles. The van der Waals surface area contributed by atoms with Gasteiger partial charge in [0.2, 0.25) is 0 Å². The Balaban J connectivity index is 2.57. The zero-order valence-electron chi connectivity index (χ0n) is 12.1. The van der Waals surface area contributed by atoms with Crippen molar-refractivity contribution >= 4 is 5.96 Å². The first kappa shape index (κ1) is 15.3. The summed E-state index contributed by atoms with van der Waals surface area (Å²) in [6.45, 7) is 5.14. The third-order valence-corrected chi connectivity index (χ3v) is 2.70. The summed E-state index contributed by atoms with van der Waals surface area (Å²) in [7, 11) is 3.32. The summed E-state index contributed by atoms with van der Waals surface area (Å²) in [5.74, 6) is 1.31. The fraction of sp³-hybridized carbons (Fsp3) is 0.500. The molecule has 106 valence electrons. The number of hydrogen-bond donors (Lipinski definition) is 2. The molecule has 1 aromatic rings. The zero-order valence-corrected chi connectivity index (χ0v) is 12.1. The fourth-order valence-corrected chi connectivity index (χ4v) is 1.81. The molecule has 0 amide bonds. The highest BCUT2D eigenvalue weighted by atomic mass is 16.5. The number of aliphatic imine (C=N–C) groups is 1. The first-order valence-corrected chi connectivity index (χ1v) is 6.25. The van der Waals surface area contributed by atoms with E-state index in [2.05, 4.69) is 10.3 Å². The van der Waals surface area contributed by atoms with Crippen molar-refractivity contribution in [2.24, 2.45) is 10.7 Å². The van der Waals surface area contributed by atoms with Crippen molar-refractivity contribution in [3.8, 4) is 5.75 Å². The van der Waals surface area contributed by atoms with Crippen LogP contribution in [0.25, 0.3) is 0 Å². The Morgan fingerprint density at radius 1 is 1.42 bits per heavy atom. The van der Waals surface area contributed by atoms with Crippen molar-refractivity contribution in [1.82, 2.24) is 5.32 Å². The van der Waals surface area contributed by atoms with Crippen LogP contribution in [0.3, 0.4) is 0 Å². The van der Waals surface area contributed by atoms with Crippen LogP contribution in [-0.4, -0.2) is 32.8 Å².